The number of nitrogens with zero attached hydrogens (tertiary/aromatic N) is 2. The highest BCUT2D eigenvalue weighted by Gasteiger charge is 2.24. The maximum Gasteiger partial charge on any atom is 0.175 e. The maximum absolute atomic E-state index is 6.20. The van der Waals surface area contributed by atoms with E-state index in [1.807, 2.05) is 29.2 Å². The van der Waals surface area contributed by atoms with E-state index in [-0.39, 0.29) is 0 Å². The summed E-state index contributed by atoms with van der Waals surface area (Å²) in [5.74, 6) is 0. The number of hydrogen-bond donors (Lipinski definition) is 1. The Morgan fingerprint density at radius 3 is 2.71 bits per heavy atom. The van der Waals surface area contributed by atoms with Crippen LogP contribution in [0.5, 0.6) is 0 Å². The maximum atomic E-state index is 6.20. The van der Waals surface area contributed by atoms with Crippen molar-refractivity contribution in [3.63, 3.8) is 0 Å². The van der Waals surface area contributed by atoms with Gasteiger partial charge in [0.05, 0.1) is 24.0 Å². The number of thiocarbonyl (C=S) groups is 1. The molecule has 1 saturated heterocycles. The van der Waals surface area contributed by atoms with E-state index in [0.29, 0.717) is 6.04 Å². The molecule has 2 rings (SSSR count). The number of benzene rings is 1. The molecule has 0 amide bonds. The molecule has 0 aliphatic carbocycles. The largest absolute Gasteiger partial charge is 0.349 e. The van der Waals surface area contributed by atoms with E-state index in [9.17, 15) is 0 Å². The van der Waals surface area contributed by atoms with Crippen molar-refractivity contribution < 1.29 is 0 Å². The van der Waals surface area contributed by atoms with Gasteiger partial charge in [0.25, 0.3) is 0 Å². The fraction of sp³-hybridized carbons (Fsp3) is 0.417. The molecule has 1 fully saturated rings. The molecule has 1 aliphatic heterocycles. The number of hydrogen-bond acceptors (Lipinski definition) is 2. The first-order valence-electron chi connectivity index (χ1n) is 5.63. The summed E-state index contributed by atoms with van der Waals surface area (Å²) in [5.41, 5.74) is 0.956. The molecule has 0 unspecified atom stereocenters. The van der Waals surface area contributed by atoms with Crippen LogP contribution in [-0.4, -0.2) is 29.4 Å². The molecule has 0 bridgehead atoms. The van der Waals surface area contributed by atoms with Crippen LogP contribution in [0.15, 0.2) is 24.3 Å². The van der Waals surface area contributed by atoms with Gasteiger partial charge in [-0.15, -0.1) is 0 Å². The molecule has 1 aromatic carbocycles. The lowest BCUT2D eigenvalue weighted by atomic mass is 10.3. The van der Waals surface area contributed by atoms with Gasteiger partial charge in [-0.1, -0.05) is 23.7 Å². The van der Waals surface area contributed by atoms with Crippen molar-refractivity contribution in [2.75, 3.05) is 18.2 Å². The van der Waals surface area contributed by atoms with E-state index in [1.165, 1.54) is 0 Å². The summed E-state index contributed by atoms with van der Waals surface area (Å²) in [6.45, 7) is 5.90. The van der Waals surface area contributed by atoms with Crippen LogP contribution in [0.2, 0.25) is 5.02 Å². The van der Waals surface area contributed by atoms with Gasteiger partial charge >= 0.3 is 0 Å². The molecule has 17 heavy (non-hydrogen) atoms. The quantitative estimate of drug-likeness (QED) is 0.832. The van der Waals surface area contributed by atoms with Crippen LogP contribution in [0.1, 0.15) is 13.8 Å². The van der Waals surface area contributed by atoms with Crippen LogP contribution >= 0.6 is 23.8 Å². The molecule has 0 atom stereocenters. The Bertz CT molecular complexity index is 422. The second kappa shape index (κ2) is 5.21. The predicted octanol–water partition coefficient (Wildman–Crippen LogP) is 2.66. The van der Waals surface area contributed by atoms with Crippen molar-refractivity contribution in [1.82, 2.24) is 10.2 Å². The molecule has 1 aliphatic rings. The molecule has 1 aromatic rings. The summed E-state index contributed by atoms with van der Waals surface area (Å²) in [7, 11) is 0. The number of para-hydroxylation sites is 1. The first-order valence-corrected chi connectivity index (χ1v) is 6.42. The number of anilines is 1. The monoisotopic (exact) mass is 269 g/mol. The van der Waals surface area contributed by atoms with Crippen molar-refractivity contribution in [2.24, 2.45) is 0 Å². The minimum Gasteiger partial charge on any atom is -0.349 e. The summed E-state index contributed by atoms with van der Waals surface area (Å²) in [5, 5.41) is 4.67. The minimum absolute atomic E-state index is 0.468. The standard InChI is InChI=1S/C12H16ClN3S/c1-9(2)15-7-14-12(17)16(8-15)11-6-4-3-5-10(11)13/h3-6,9H,7-8H2,1-2H3,(H,14,17). The molecule has 92 valence electrons. The predicted molar refractivity (Wildman–Crippen MR) is 76.4 cm³/mol. The molecule has 0 radical (unpaired) electrons. The summed E-state index contributed by atoms with van der Waals surface area (Å²) in [6.07, 6.45) is 0. The van der Waals surface area contributed by atoms with Crippen molar-refractivity contribution >= 4 is 34.6 Å². The highest BCUT2D eigenvalue weighted by atomic mass is 35.5. The highest BCUT2D eigenvalue weighted by molar-refractivity contribution is 7.80. The van der Waals surface area contributed by atoms with Gasteiger partial charge in [0.15, 0.2) is 5.11 Å². The average molecular weight is 270 g/mol. The van der Waals surface area contributed by atoms with Gasteiger partial charge in [-0.05, 0) is 38.2 Å². The number of rotatable bonds is 2. The molecular formula is C12H16ClN3S. The van der Waals surface area contributed by atoms with Crippen LogP contribution < -0.4 is 10.2 Å². The second-order valence-electron chi connectivity index (χ2n) is 4.34. The molecular weight excluding hydrogens is 254 g/mol. The summed E-state index contributed by atoms with van der Waals surface area (Å²) < 4.78 is 0. The third-order valence-corrected chi connectivity index (χ3v) is 3.56. The molecule has 0 spiro atoms. The molecule has 3 nitrogen and oxygen atoms in total. The fourth-order valence-electron chi connectivity index (χ4n) is 1.76. The highest BCUT2D eigenvalue weighted by Crippen LogP contribution is 2.26. The van der Waals surface area contributed by atoms with Crippen molar-refractivity contribution in [3.05, 3.63) is 29.3 Å². The van der Waals surface area contributed by atoms with Gasteiger partial charge in [-0.2, -0.15) is 0 Å². The summed E-state index contributed by atoms with van der Waals surface area (Å²) in [4.78, 5) is 4.32. The van der Waals surface area contributed by atoms with Crippen LogP contribution in [0.3, 0.4) is 0 Å². The SMILES string of the molecule is CC(C)N1CNC(=S)N(c2ccccc2Cl)C1. The third-order valence-electron chi connectivity index (χ3n) is 2.88. The topological polar surface area (TPSA) is 18.5 Å². The summed E-state index contributed by atoms with van der Waals surface area (Å²) in [6, 6.07) is 8.23. The van der Waals surface area contributed by atoms with Gasteiger partial charge in [0, 0.05) is 6.04 Å². The number of nitrogens with one attached hydrogen (secondary N) is 1. The van der Waals surface area contributed by atoms with Crippen molar-refractivity contribution in [3.8, 4) is 0 Å². The van der Waals surface area contributed by atoms with E-state index in [2.05, 4.69) is 24.1 Å². The Labute approximate surface area is 112 Å². The molecule has 0 aromatic heterocycles. The Kier molecular flexibility index (Phi) is 3.86. The lowest BCUT2D eigenvalue weighted by molar-refractivity contribution is 0.211. The van der Waals surface area contributed by atoms with E-state index in [4.69, 9.17) is 23.8 Å². The van der Waals surface area contributed by atoms with Gasteiger partial charge in [-0.25, -0.2) is 0 Å². The Hall–Kier alpha value is -0.840. The van der Waals surface area contributed by atoms with Gasteiger partial charge in [0.2, 0.25) is 0 Å². The molecule has 1 N–H and O–H groups in total. The third kappa shape index (κ3) is 2.70. The van der Waals surface area contributed by atoms with Crippen LogP contribution in [0, 0.1) is 0 Å². The Morgan fingerprint density at radius 2 is 2.06 bits per heavy atom. The zero-order valence-corrected chi connectivity index (χ0v) is 11.6. The van der Waals surface area contributed by atoms with E-state index >= 15 is 0 Å². The van der Waals surface area contributed by atoms with E-state index in [0.717, 1.165) is 29.2 Å². The van der Waals surface area contributed by atoms with Gasteiger partial charge < -0.3 is 10.2 Å². The molecule has 0 saturated carbocycles. The zero-order valence-electron chi connectivity index (χ0n) is 9.98. The van der Waals surface area contributed by atoms with Gasteiger partial charge in [0.1, 0.15) is 0 Å². The van der Waals surface area contributed by atoms with Crippen molar-refractivity contribution in [2.45, 2.75) is 19.9 Å². The molecule has 5 heteroatoms. The first kappa shape index (κ1) is 12.6. The first-order chi connectivity index (χ1) is 8.09. The summed E-state index contributed by atoms with van der Waals surface area (Å²) >= 11 is 11.5. The smallest absolute Gasteiger partial charge is 0.175 e. The van der Waals surface area contributed by atoms with Crippen LogP contribution in [0.25, 0.3) is 0 Å². The van der Waals surface area contributed by atoms with Crippen LogP contribution in [-0.2, 0) is 0 Å². The minimum atomic E-state index is 0.468. The fourth-order valence-corrected chi connectivity index (χ4v) is 2.22. The van der Waals surface area contributed by atoms with E-state index < -0.39 is 0 Å². The van der Waals surface area contributed by atoms with E-state index in [1.54, 1.807) is 0 Å². The number of halogens is 1. The Balaban J connectivity index is 2.24. The second-order valence-corrected chi connectivity index (χ2v) is 5.14. The molecule has 1 heterocycles. The normalized spacial score (nSPS) is 17.4. The van der Waals surface area contributed by atoms with Crippen molar-refractivity contribution in [1.29, 1.82) is 0 Å². The lowest BCUT2D eigenvalue weighted by Gasteiger charge is -2.40. The average Bonchev–Trinajstić information content (AvgIpc) is 2.30. The van der Waals surface area contributed by atoms with Gasteiger partial charge in [-0.3, -0.25) is 4.90 Å². The Morgan fingerprint density at radius 1 is 1.35 bits per heavy atom. The van der Waals surface area contributed by atoms with Crippen LogP contribution in [0.4, 0.5) is 5.69 Å². The lowest BCUT2D eigenvalue weighted by Crippen LogP contribution is -2.58. The zero-order chi connectivity index (χ0) is 12.4.